The van der Waals surface area contributed by atoms with Crippen molar-refractivity contribution in [1.82, 2.24) is 15.6 Å². The van der Waals surface area contributed by atoms with E-state index in [-0.39, 0.29) is 5.91 Å². The Morgan fingerprint density at radius 3 is 2.51 bits per heavy atom. The molecule has 1 aromatic carbocycles. The van der Waals surface area contributed by atoms with Gasteiger partial charge in [0.05, 0.1) is 23.9 Å². The van der Waals surface area contributed by atoms with Crippen LogP contribution in [0.3, 0.4) is 0 Å². The maximum absolute atomic E-state index is 12.7. The van der Waals surface area contributed by atoms with Crippen molar-refractivity contribution in [2.75, 3.05) is 24.6 Å². The third-order valence-corrected chi connectivity index (χ3v) is 5.79. The number of amides is 1. The zero-order valence-corrected chi connectivity index (χ0v) is 20.0. The summed E-state index contributed by atoms with van der Waals surface area (Å²) in [7, 11) is 0. The van der Waals surface area contributed by atoms with Crippen LogP contribution in [-0.4, -0.2) is 30.6 Å². The highest BCUT2D eigenvalue weighted by Gasteiger charge is 2.20. The second kappa shape index (κ2) is 12.8. The molecule has 3 rings (SSSR count). The molecule has 0 aliphatic carbocycles. The summed E-state index contributed by atoms with van der Waals surface area (Å²) < 4.78 is 5.91. The number of nitrogens with one attached hydrogen (secondary N) is 2. The fraction of sp³-hybridized carbons (Fsp3) is 0.250. The van der Waals surface area contributed by atoms with Gasteiger partial charge in [-0.1, -0.05) is 18.7 Å². The minimum Gasteiger partial charge on any atom is -0.479 e. The molecule has 0 bridgehead atoms. The number of nitrogens with zero attached hydrogens (tertiary/aromatic N) is 3. The zero-order chi connectivity index (χ0) is 25.0. The fourth-order valence-corrected chi connectivity index (χ4v) is 3.76. The Hall–Kier alpha value is -4.31. The maximum Gasteiger partial charge on any atom is 0.255 e. The molecule has 1 fully saturated rings. The Balaban J connectivity index is 1.53. The van der Waals surface area contributed by atoms with Crippen LogP contribution in [0.2, 0.25) is 0 Å². The zero-order valence-electron chi connectivity index (χ0n) is 20.0. The molecule has 0 spiro atoms. The number of pyridine rings is 1. The summed E-state index contributed by atoms with van der Waals surface area (Å²) >= 11 is 0. The number of benzene rings is 1. The minimum atomic E-state index is -0.285. The molecular weight excluding hydrogens is 438 g/mol. The van der Waals surface area contributed by atoms with Crippen molar-refractivity contribution in [1.29, 1.82) is 5.26 Å². The molecule has 1 aliphatic heterocycles. The van der Waals surface area contributed by atoms with E-state index in [4.69, 9.17) is 10.00 Å². The van der Waals surface area contributed by atoms with E-state index in [9.17, 15) is 4.79 Å². The number of rotatable bonds is 10. The molecule has 35 heavy (non-hydrogen) atoms. The number of piperidine rings is 1. The first-order valence-corrected chi connectivity index (χ1v) is 11.6. The van der Waals surface area contributed by atoms with E-state index in [1.165, 1.54) is 5.69 Å². The SMILES string of the molecule is C=C/C=C\C(NC(=O)c1ccc(C#N)cc1)=C(/C)NC(=C)OCC1CCN(c2ccncc2)CC1. The summed E-state index contributed by atoms with van der Waals surface area (Å²) in [5.74, 6) is 0.593. The quantitative estimate of drug-likeness (QED) is 0.389. The number of nitriles is 1. The molecule has 2 heterocycles. The highest BCUT2D eigenvalue weighted by molar-refractivity contribution is 5.95. The van der Waals surface area contributed by atoms with Crippen molar-refractivity contribution in [2.45, 2.75) is 19.8 Å². The van der Waals surface area contributed by atoms with Crippen molar-refractivity contribution >= 4 is 11.6 Å². The standard InChI is InChI=1S/C28H31N5O2/c1-4-5-6-27(32-28(34)25-9-7-23(19-29)8-10-25)21(2)31-22(3)35-20-24-13-17-33(18-14-24)26-11-15-30-16-12-26/h4-12,15-16,24,31H,1,3,13-14,17-18,20H2,2H3,(H,32,34)/b6-5-,27-21-. The molecular formula is C28H31N5O2. The molecule has 1 amide bonds. The third kappa shape index (κ3) is 7.61. The number of hydrogen-bond acceptors (Lipinski definition) is 6. The van der Waals surface area contributed by atoms with E-state index in [2.05, 4.69) is 33.7 Å². The Morgan fingerprint density at radius 1 is 1.20 bits per heavy atom. The summed E-state index contributed by atoms with van der Waals surface area (Å²) in [6, 6.07) is 12.6. The number of anilines is 1. The van der Waals surface area contributed by atoms with Gasteiger partial charge in [-0.05, 0) is 74.7 Å². The maximum atomic E-state index is 12.7. The Morgan fingerprint density at radius 2 is 1.89 bits per heavy atom. The van der Waals surface area contributed by atoms with Gasteiger partial charge < -0.3 is 20.3 Å². The van der Waals surface area contributed by atoms with Gasteiger partial charge in [0, 0.05) is 42.4 Å². The predicted molar refractivity (Wildman–Crippen MR) is 138 cm³/mol. The highest BCUT2D eigenvalue weighted by Crippen LogP contribution is 2.23. The van der Waals surface area contributed by atoms with E-state index in [0.29, 0.717) is 40.9 Å². The average Bonchev–Trinajstić information content (AvgIpc) is 2.90. The van der Waals surface area contributed by atoms with Crippen LogP contribution in [0.5, 0.6) is 0 Å². The molecule has 7 nitrogen and oxygen atoms in total. The van der Waals surface area contributed by atoms with Crippen LogP contribution < -0.4 is 15.5 Å². The first-order valence-electron chi connectivity index (χ1n) is 11.6. The fourth-order valence-electron chi connectivity index (χ4n) is 3.76. The van der Waals surface area contributed by atoms with Gasteiger partial charge in [0.15, 0.2) is 5.88 Å². The Bertz CT molecular complexity index is 1120. The van der Waals surface area contributed by atoms with E-state index < -0.39 is 0 Å². The van der Waals surface area contributed by atoms with Crippen molar-refractivity contribution in [3.05, 3.63) is 109 Å². The number of hydrogen-bond donors (Lipinski definition) is 2. The predicted octanol–water partition coefficient (Wildman–Crippen LogP) is 4.65. The summed E-state index contributed by atoms with van der Waals surface area (Å²) in [5, 5.41) is 15.0. The van der Waals surface area contributed by atoms with Crippen LogP contribution >= 0.6 is 0 Å². The first-order chi connectivity index (χ1) is 17.0. The average molecular weight is 470 g/mol. The number of aromatic nitrogens is 1. The van der Waals surface area contributed by atoms with Crippen LogP contribution in [0.1, 0.15) is 35.7 Å². The monoisotopic (exact) mass is 469 g/mol. The molecule has 1 saturated heterocycles. The van der Waals surface area contributed by atoms with E-state index in [1.54, 1.807) is 42.5 Å². The number of carbonyl (C=O) groups excluding carboxylic acids is 1. The lowest BCUT2D eigenvalue weighted by atomic mass is 9.97. The number of ether oxygens (including phenoxy) is 1. The van der Waals surface area contributed by atoms with Gasteiger partial charge >= 0.3 is 0 Å². The smallest absolute Gasteiger partial charge is 0.255 e. The molecule has 2 N–H and O–H groups in total. The molecule has 2 aromatic rings. The van der Waals surface area contributed by atoms with E-state index >= 15 is 0 Å². The van der Waals surface area contributed by atoms with E-state index in [1.807, 2.05) is 37.5 Å². The number of carbonyl (C=O) groups is 1. The largest absolute Gasteiger partial charge is 0.479 e. The lowest BCUT2D eigenvalue weighted by molar-refractivity contribution is 0.0966. The van der Waals surface area contributed by atoms with Gasteiger partial charge in [0.25, 0.3) is 5.91 Å². The van der Waals surface area contributed by atoms with Gasteiger partial charge in [-0.2, -0.15) is 5.26 Å². The lowest BCUT2D eigenvalue weighted by Gasteiger charge is -2.33. The Kier molecular flexibility index (Phi) is 9.26. The summed E-state index contributed by atoms with van der Waals surface area (Å²) in [5.41, 5.74) is 3.40. The van der Waals surface area contributed by atoms with E-state index in [0.717, 1.165) is 25.9 Å². The van der Waals surface area contributed by atoms with Crippen LogP contribution in [-0.2, 0) is 4.74 Å². The van der Waals surface area contributed by atoms with Crippen molar-refractivity contribution in [3.63, 3.8) is 0 Å². The van der Waals surface area contributed by atoms with Gasteiger partial charge in [0.2, 0.25) is 0 Å². The second-order valence-electron chi connectivity index (χ2n) is 8.27. The van der Waals surface area contributed by atoms with Crippen molar-refractivity contribution < 1.29 is 9.53 Å². The summed E-state index contributed by atoms with van der Waals surface area (Å²) in [6.07, 6.45) is 10.8. The van der Waals surface area contributed by atoms with Gasteiger partial charge in [-0.3, -0.25) is 9.78 Å². The summed E-state index contributed by atoms with van der Waals surface area (Å²) in [4.78, 5) is 19.1. The van der Waals surface area contributed by atoms with Crippen LogP contribution in [0.15, 0.2) is 97.5 Å². The normalized spacial score (nSPS) is 14.6. The van der Waals surface area contributed by atoms with Crippen molar-refractivity contribution in [2.24, 2.45) is 5.92 Å². The van der Waals surface area contributed by atoms with Crippen LogP contribution in [0, 0.1) is 17.2 Å². The molecule has 1 aromatic heterocycles. The topological polar surface area (TPSA) is 90.3 Å². The summed E-state index contributed by atoms with van der Waals surface area (Å²) in [6.45, 7) is 12.1. The van der Waals surface area contributed by atoms with Gasteiger partial charge in [-0.15, -0.1) is 0 Å². The second-order valence-corrected chi connectivity index (χ2v) is 8.27. The molecule has 0 saturated carbocycles. The third-order valence-electron chi connectivity index (χ3n) is 5.79. The number of allylic oxidation sites excluding steroid dienone is 4. The molecule has 180 valence electrons. The molecule has 0 atom stereocenters. The van der Waals surface area contributed by atoms with Crippen molar-refractivity contribution in [3.8, 4) is 6.07 Å². The minimum absolute atomic E-state index is 0.285. The molecule has 0 unspecified atom stereocenters. The Labute approximate surface area is 207 Å². The van der Waals surface area contributed by atoms with Gasteiger partial charge in [-0.25, -0.2) is 0 Å². The molecule has 1 aliphatic rings. The molecule has 7 heteroatoms. The first kappa shape index (κ1) is 25.3. The lowest BCUT2D eigenvalue weighted by Crippen LogP contribution is -2.35. The van der Waals surface area contributed by atoms with Crippen LogP contribution in [0.4, 0.5) is 5.69 Å². The highest BCUT2D eigenvalue weighted by atomic mass is 16.5. The van der Waals surface area contributed by atoms with Crippen LogP contribution in [0.25, 0.3) is 0 Å². The molecule has 0 radical (unpaired) electrons. The van der Waals surface area contributed by atoms with Gasteiger partial charge in [0.1, 0.15) is 0 Å².